The van der Waals surface area contributed by atoms with Gasteiger partial charge in [-0.25, -0.2) is 0 Å². The van der Waals surface area contributed by atoms with Gasteiger partial charge in [0.05, 0.1) is 12.2 Å². The van der Waals surface area contributed by atoms with Crippen LogP contribution in [-0.4, -0.2) is 33.2 Å². The van der Waals surface area contributed by atoms with E-state index in [4.69, 9.17) is 4.52 Å². The van der Waals surface area contributed by atoms with Crippen molar-refractivity contribution in [2.75, 3.05) is 7.05 Å². The monoisotopic (exact) mass is 302 g/mol. The third-order valence-electron chi connectivity index (χ3n) is 4.01. The molecule has 22 heavy (non-hydrogen) atoms. The molecule has 6 nitrogen and oxygen atoms in total. The summed E-state index contributed by atoms with van der Waals surface area (Å²) in [6.07, 6.45) is 4.06. The van der Waals surface area contributed by atoms with Crippen LogP contribution in [-0.2, 0) is 25.8 Å². The molecule has 1 N–H and O–H groups in total. The molecule has 2 aromatic heterocycles. The highest BCUT2D eigenvalue weighted by atomic mass is 16.5. The zero-order valence-corrected chi connectivity index (χ0v) is 13.3. The summed E-state index contributed by atoms with van der Waals surface area (Å²) in [6.45, 7) is 4.71. The topological polar surface area (TPSA) is 75.0 Å². The van der Waals surface area contributed by atoms with Gasteiger partial charge in [0.1, 0.15) is 5.76 Å². The van der Waals surface area contributed by atoms with E-state index < -0.39 is 0 Å². The van der Waals surface area contributed by atoms with Crippen molar-refractivity contribution in [1.82, 2.24) is 20.3 Å². The zero-order chi connectivity index (χ0) is 15.7. The first-order valence-electron chi connectivity index (χ1n) is 7.80. The minimum atomic E-state index is -0.131. The Labute approximate surface area is 129 Å². The number of H-pyrrole nitrogens is 1. The highest BCUT2D eigenvalue weighted by molar-refractivity contribution is 5.92. The number of carbonyl (C=O) groups excluding carboxylic acids is 1. The smallest absolute Gasteiger partial charge is 0.276 e. The molecule has 0 aromatic carbocycles. The van der Waals surface area contributed by atoms with Crippen molar-refractivity contribution in [3.05, 3.63) is 34.5 Å². The summed E-state index contributed by atoms with van der Waals surface area (Å²) in [6, 6.07) is 1.74. The van der Waals surface area contributed by atoms with Gasteiger partial charge in [-0.15, -0.1) is 0 Å². The lowest BCUT2D eigenvalue weighted by molar-refractivity contribution is 0.0772. The number of nitrogens with zero attached hydrogens (tertiary/aromatic N) is 3. The average molecular weight is 302 g/mol. The summed E-state index contributed by atoms with van der Waals surface area (Å²) in [7, 11) is 1.77. The van der Waals surface area contributed by atoms with Crippen LogP contribution in [0.1, 0.15) is 53.5 Å². The summed E-state index contributed by atoms with van der Waals surface area (Å²) in [4.78, 5) is 14.1. The van der Waals surface area contributed by atoms with E-state index >= 15 is 0 Å². The fourth-order valence-electron chi connectivity index (χ4n) is 2.92. The summed E-state index contributed by atoms with van der Waals surface area (Å²) >= 11 is 0. The molecule has 0 aliphatic heterocycles. The third kappa shape index (κ3) is 2.91. The molecule has 0 saturated carbocycles. The molecule has 0 radical (unpaired) electrons. The van der Waals surface area contributed by atoms with Crippen molar-refractivity contribution < 1.29 is 9.32 Å². The first kappa shape index (κ1) is 14.8. The number of aryl methyl sites for hydroxylation is 1. The predicted octanol–water partition coefficient (Wildman–Crippen LogP) is 2.36. The van der Waals surface area contributed by atoms with Crippen LogP contribution in [0.25, 0.3) is 0 Å². The molecule has 1 aliphatic rings. The molecule has 0 spiro atoms. The summed E-state index contributed by atoms with van der Waals surface area (Å²) < 4.78 is 5.24. The van der Waals surface area contributed by atoms with Gasteiger partial charge in [-0.05, 0) is 30.7 Å². The van der Waals surface area contributed by atoms with E-state index in [0.29, 0.717) is 18.2 Å². The number of rotatable bonds is 5. The number of nitrogens with one attached hydrogen (secondary N) is 1. The number of hydrogen-bond donors (Lipinski definition) is 1. The normalized spacial score (nSPS) is 13.6. The fourth-order valence-corrected chi connectivity index (χ4v) is 2.92. The van der Waals surface area contributed by atoms with Crippen molar-refractivity contribution in [1.29, 1.82) is 0 Å². The molecular formula is C16H22N4O2. The number of aromatic amines is 1. The van der Waals surface area contributed by atoms with E-state index in [9.17, 15) is 4.79 Å². The zero-order valence-electron chi connectivity index (χ0n) is 13.3. The van der Waals surface area contributed by atoms with Gasteiger partial charge in [0.25, 0.3) is 5.91 Å². The number of hydrogen-bond acceptors (Lipinski definition) is 4. The van der Waals surface area contributed by atoms with Crippen molar-refractivity contribution in [3.8, 4) is 0 Å². The molecule has 0 unspecified atom stereocenters. The number of fused-ring (bicyclic) bond motifs is 1. The van der Waals surface area contributed by atoms with Gasteiger partial charge in [0.2, 0.25) is 0 Å². The molecule has 1 amide bonds. The molecule has 0 fully saturated rings. The minimum absolute atomic E-state index is 0.131. The van der Waals surface area contributed by atoms with Gasteiger partial charge in [-0.2, -0.15) is 5.10 Å². The number of aromatic nitrogens is 3. The first-order valence-corrected chi connectivity index (χ1v) is 7.80. The first-order chi connectivity index (χ1) is 10.5. The second kappa shape index (κ2) is 5.94. The Bertz CT molecular complexity index is 671. The lowest BCUT2D eigenvalue weighted by atomic mass is 10.1. The predicted molar refractivity (Wildman–Crippen MR) is 81.5 cm³/mol. The van der Waals surface area contributed by atoms with E-state index in [0.717, 1.165) is 37.1 Å². The SMILES string of the molecule is CC(C)Cc1cc(C(=O)N(C)Cc2n[nH]c3c2CCC3)no1. The molecule has 3 rings (SSSR count). The molecule has 118 valence electrons. The quantitative estimate of drug-likeness (QED) is 0.920. The largest absolute Gasteiger partial charge is 0.361 e. The molecule has 1 aliphatic carbocycles. The van der Waals surface area contributed by atoms with Crippen molar-refractivity contribution in [3.63, 3.8) is 0 Å². The minimum Gasteiger partial charge on any atom is -0.361 e. The highest BCUT2D eigenvalue weighted by Crippen LogP contribution is 2.23. The van der Waals surface area contributed by atoms with E-state index in [2.05, 4.69) is 29.2 Å². The van der Waals surface area contributed by atoms with Crippen molar-refractivity contribution >= 4 is 5.91 Å². The van der Waals surface area contributed by atoms with Gasteiger partial charge < -0.3 is 9.42 Å². The van der Waals surface area contributed by atoms with E-state index in [1.54, 1.807) is 18.0 Å². The van der Waals surface area contributed by atoms with Crippen LogP contribution in [0, 0.1) is 5.92 Å². The Kier molecular flexibility index (Phi) is 4.00. The van der Waals surface area contributed by atoms with Gasteiger partial charge in [0, 0.05) is 25.2 Å². The molecule has 6 heteroatoms. The van der Waals surface area contributed by atoms with Crippen molar-refractivity contribution in [2.45, 2.75) is 46.1 Å². The lowest BCUT2D eigenvalue weighted by Crippen LogP contribution is -2.27. The van der Waals surface area contributed by atoms with Crippen LogP contribution in [0.15, 0.2) is 10.6 Å². The number of amides is 1. The Balaban J connectivity index is 1.67. The average Bonchev–Trinajstić information content (AvgIpc) is 3.15. The molecule has 0 atom stereocenters. The van der Waals surface area contributed by atoms with E-state index in [1.807, 2.05) is 0 Å². The second-order valence-electron chi connectivity index (χ2n) is 6.42. The Morgan fingerprint density at radius 1 is 1.45 bits per heavy atom. The molecule has 0 bridgehead atoms. The fraction of sp³-hybridized carbons (Fsp3) is 0.562. The van der Waals surface area contributed by atoms with Crippen LogP contribution < -0.4 is 0 Å². The second-order valence-corrected chi connectivity index (χ2v) is 6.42. The summed E-state index contributed by atoms with van der Waals surface area (Å²) in [5, 5.41) is 11.3. The van der Waals surface area contributed by atoms with Crippen molar-refractivity contribution in [2.24, 2.45) is 5.92 Å². The maximum absolute atomic E-state index is 12.4. The highest BCUT2D eigenvalue weighted by Gasteiger charge is 2.22. The van der Waals surface area contributed by atoms with Crippen LogP contribution in [0.4, 0.5) is 0 Å². The van der Waals surface area contributed by atoms with E-state index in [-0.39, 0.29) is 5.91 Å². The van der Waals surface area contributed by atoms with Gasteiger partial charge in [-0.3, -0.25) is 9.89 Å². The summed E-state index contributed by atoms with van der Waals surface area (Å²) in [5.74, 6) is 1.10. The third-order valence-corrected chi connectivity index (χ3v) is 4.01. The molecule has 2 aromatic rings. The van der Waals surface area contributed by atoms with Gasteiger partial charge in [-0.1, -0.05) is 19.0 Å². The Morgan fingerprint density at radius 3 is 3.05 bits per heavy atom. The van der Waals surface area contributed by atoms with Gasteiger partial charge in [0.15, 0.2) is 5.69 Å². The Hall–Kier alpha value is -2.11. The molecule has 0 saturated heterocycles. The maximum Gasteiger partial charge on any atom is 0.276 e. The Morgan fingerprint density at radius 2 is 2.27 bits per heavy atom. The van der Waals surface area contributed by atoms with Crippen LogP contribution >= 0.6 is 0 Å². The van der Waals surface area contributed by atoms with Crippen LogP contribution in [0.3, 0.4) is 0 Å². The maximum atomic E-state index is 12.4. The standard InChI is InChI=1S/C16H22N4O2/c1-10(2)7-11-8-14(19-22-11)16(21)20(3)9-15-12-5-4-6-13(12)17-18-15/h8,10H,4-7,9H2,1-3H3,(H,17,18). The molecule has 2 heterocycles. The molecular weight excluding hydrogens is 280 g/mol. The number of carbonyl (C=O) groups is 1. The van der Waals surface area contributed by atoms with Gasteiger partial charge >= 0.3 is 0 Å². The van der Waals surface area contributed by atoms with E-state index in [1.165, 1.54) is 11.3 Å². The lowest BCUT2D eigenvalue weighted by Gasteiger charge is -2.14. The van der Waals surface area contributed by atoms with Crippen LogP contribution in [0.2, 0.25) is 0 Å². The van der Waals surface area contributed by atoms with Crippen LogP contribution in [0.5, 0.6) is 0 Å². The summed E-state index contributed by atoms with van der Waals surface area (Å²) in [5.41, 5.74) is 3.83.